The molecule has 0 saturated heterocycles. The standard InChI is InChI=1S/C16H18FN3O5S/c17-12-3-5-13(6-4-12)26(23,24)20-8-7-15(21)18-9-10-19-16(22)14-2-1-11-25-14/h1-6,11,20H,7-10H2,(H,18,21)(H,19,22). The monoisotopic (exact) mass is 383 g/mol. The van der Waals surface area contributed by atoms with Gasteiger partial charge < -0.3 is 15.1 Å². The van der Waals surface area contributed by atoms with Gasteiger partial charge in [-0.1, -0.05) is 0 Å². The summed E-state index contributed by atoms with van der Waals surface area (Å²) in [5, 5.41) is 5.11. The largest absolute Gasteiger partial charge is 0.459 e. The normalized spacial score (nSPS) is 11.1. The van der Waals surface area contributed by atoms with Gasteiger partial charge in [-0.2, -0.15) is 0 Å². The summed E-state index contributed by atoms with van der Waals surface area (Å²) in [5.74, 6) is -1.13. The zero-order chi connectivity index (χ0) is 19.0. The van der Waals surface area contributed by atoms with Crippen molar-refractivity contribution >= 4 is 21.8 Å². The van der Waals surface area contributed by atoms with E-state index in [1.54, 1.807) is 6.07 Å². The predicted molar refractivity (Wildman–Crippen MR) is 90.3 cm³/mol. The van der Waals surface area contributed by atoms with Crippen LogP contribution in [0, 0.1) is 5.82 Å². The SMILES string of the molecule is O=C(CCNS(=O)(=O)c1ccc(F)cc1)NCCNC(=O)c1ccco1. The average Bonchev–Trinajstić information content (AvgIpc) is 3.13. The summed E-state index contributed by atoms with van der Waals surface area (Å²) in [7, 11) is -3.80. The number of carbonyl (C=O) groups is 2. The van der Waals surface area contributed by atoms with Gasteiger partial charge in [0.1, 0.15) is 5.82 Å². The second kappa shape index (κ2) is 9.11. The number of sulfonamides is 1. The van der Waals surface area contributed by atoms with Crippen LogP contribution >= 0.6 is 0 Å². The van der Waals surface area contributed by atoms with Gasteiger partial charge in [-0.3, -0.25) is 9.59 Å². The van der Waals surface area contributed by atoms with Crippen LogP contribution in [0.25, 0.3) is 0 Å². The molecule has 1 heterocycles. The van der Waals surface area contributed by atoms with Crippen molar-refractivity contribution < 1.29 is 26.8 Å². The molecule has 0 spiro atoms. The lowest BCUT2D eigenvalue weighted by Crippen LogP contribution is -2.36. The van der Waals surface area contributed by atoms with Crippen molar-refractivity contribution in [2.75, 3.05) is 19.6 Å². The quantitative estimate of drug-likeness (QED) is 0.549. The lowest BCUT2D eigenvalue weighted by atomic mass is 10.4. The second-order valence-corrected chi connectivity index (χ2v) is 6.95. The summed E-state index contributed by atoms with van der Waals surface area (Å²) in [6.45, 7) is 0.285. The Morgan fingerprint density at radius 3 is 2.35 bits per heavy atom. The molecule has 0 aliphatic heterocycles. The summed E-state index contributed by atoms with van der Waals surface area (Å²) in [6, 6.07) is 7.46. The summed E-state index contributed by atoms with van der Waals surface area (Å²) < 4.78 is 43.9. The van der Waals surface area contributed by atoms with Crippen LogP contribution in [-0.2, 0) is 14.8 Å². The molecule has 0 unspecified atom stereocenters. The summed E-state index contributed by atoms with van der Waals surface area (Å²) in [4.78, 5) is 23.1. The zero-order valence-corrected chi connectivity index (χ0v) is 14.5. The molecule has 10 heteroatoms. The van der Waals surface area contributed by atoms with Crippen LogP contribution in [0.4, 0.5) is 4.39 Å². The molecule has 1 aromatic carbocycles. The molecule has 2 amide bonds. The number of benzene rings is 1. The molecular weight excluding hydrogens is 365 g/mol. The lowest BCUT2D eigenvalue weighted by molar-refractivity contribution is -0.120. The molecule has 0 radical (unpaired) electrons. The molecule has 0 aliphatic rings. The first kappa shape index (κ1) is 19.6. The topological polar surface area (TPSA) is 118 Å². The number of furan rings is 1. The number of halogens is 1. The summed E-state index contributed by atoms with van der Waals surface area (Å²) in [6.07, 6.45) is 1.30. The van der Waals surface area contributed by atoms with Crippen molar-refractivity contribution in [1.29, 1.82) is 0 Å². The minimum Gasteiger partial charge on any atom is -0.459 e. The Hall–Kier alpha value is -2.72. The molecule has 3 N–H and O–H groups in total. The van der Waals surface area contributed by atoms with Gasteiger partial charge in [0, 0.05) is 26.1 Å². The highest BCUT2D eigenvalue weighted by atomic mass is 32.2. The van der Waals surface area contributed by atoms with E-state index in [1.165, 1.54) is 12.3 Å². The molecule has 0 fully saturated rings. The smallest absolute Gasteiger partial charge is 0.287 e. The van der Waals surface area contributed by atoms with E-state index < -0.39 is 21.7 Å². The zero-order valence-electron chi connectivity index (χ0n) is 13.7. The van der Waals surface area contributed by atoms with Crippen LogP contribution in [0.1, 0.15) is 17.0 Å². The highest BCUT2D eigenvalue weighted by molar-refractivity contribution is 7.89. The third kappa shape index (κ3) is 5.97. The highest BCUT2D eigenvalue weighted by Gasteiger charge is 2.14. The number of amides is 2. The van der Waals surface area contributed by atoms with Crippen molar-refractivity contribution in [2.24, 2.45) is 0 Å². The number of rotatable bonds is 9. The molecule has 8 nitrogen and oxygen atoms in total. The minimum absolute atomic E-state index is 0.0768. The van der Waals surface area contributed by atoms with Crippen LogP contribution in [0.15, 0.2) is 52.0 Å². The van der Waals surface area contributed by atoms with E-state index >= 15 is 0 Å². The highest BCUT2D eigenvalue weighted by Crippen LogP contribution is 2.09. The van der Waals surface area contributed by atoms with Gasteiger partial charge in [-0.15, -0.1) is 0 Å². The van der Waals surface area contributed by atoms with Crippen LogP contribution in [0.2, 0.25) is 0 Å². The third-order valence-corrected chi connectivity index (χ3v) is 4.72. The molecule has 1 aromatic heterocycles. The number of hydrogen-bond donors (Lipinski definition) is 3. The molecular formula is C16H18FN3O5S. The van der Waals surface area contributed by atoms with E-state index in [2.05, 4.69) is 15.4 Å². The van der Waals surface area contributed by atoms with Crippen molar-refractivity contribution in [3.63, 3.8) is 0 Å². The molecule has 26 heavy (non-hydrogen) atoms. The fraction of sp³-hybridized carbons (Fsp3) is 0.250. The molecule has 0 saturated carbocycles. The second-order valence-electron chi connectivity index (χ2n) is 5.18. The van der Waals surface area contributed by atoms with Crippen LogP contribution in [0.3, 0.4) is 0 Å². The van der Waals surface area contributed by atoms with E-state index in [-0.39, 0.29) is 42.6 Å². The summed E-state index contributed by atoms with van der Waals surface area (Å²) >= 11 is 0. The first-order valence-corrected chi connectivity index (χ1v) is 9.20. The van der Waals surface area contributed by atoms with Crippen molar-refractivity contribution in [1.82, 2.24) is 15.4 Å². The van der Waals surface area contributed by atoms with Gasteiger partial charge in [-0.05, 0) is 36.4 Å². The number of nitrogens with one attached hydrogen (secondary N) is 3. The number of carbonyl (C=O) groups excluding carboxylic acids is 2. The Morgan fingerprint density at radius 1 is 1.00 bits per heavy atom. The van der Waals surface area contributed by atoms with Crippen molar-refractivity contribution in [3.05, 3.63) is 54.2 Å². The fourth-order valence-corrected chi connectivity index (χ4v) is 2.99. The fourth-order valence-electron chi connectivity index (χ4n) is 1.96. The predicted octanol–water partition coefficient (Wildman–Crippen LogP) is 0.633. The van der Waals surface area contributed by atoms with Crippen molar-refractivity contribution in [2.45, 2.75) is 11.3 Å². The van der Waals surface area contributed by atoms with E-state index in [4.69, 9.17) is 4.42 Å². The average molecular weight is 383 g/mol. The van der Waals surface area contributed by atoms with E-state index in [1.807, 2.05) is 0 Å². The number of hydrogen-bond acceptors (Lipinski definition) is 5. The van der Waals surface area contributed by atoms with Gasteiger partial charge in [-0.25, -0.2) is 17.5 Å². The maximum Gasteiger partial charge on any atom is 0.287 e. The molecule has 140 valence electrons. The maximum absolute atomic E-state index is 12.8. The Morgan fingerprint density at radius 2 is 1.69 bits per heavy atom. The summed E-state index contributed by atoms with van der Waals surface area (Å²) in [5.41, 5.74) is 0. The van der Waals surface area contributed by atoms with Gasteiger partial charge in [0.25, 0.3) is 5.91 Å². The van der Waals surface area contributed by atoms with Crippen molar-refractivity contribution in [3.8, 4) is 0 Å². The van der Waals surface area contributed by atoms with Gasteiger partial charge in [0.15, 0.2) is 5.76 Å². The van der Waals surface area contributed by atoms with Gasteiger partial charge >= 0.3 is 0 Å². The minimum atomic E-state index is -3.80. The molecule has 2 aromatic rings. The van der Waals surface area contributed by atoms with Gasteiger partial charge in [0.2, 0.25) is 15.9 Å². The Labute approximate surface area is 149 Å². The molecule has 0 aliphatic carbocycles. The Kier molecular flexibility index (Phi) is 6.87. The molecule has 2 rings (SSSR count). The third-order valence-electron chi connectivity index (χ3n) is 3.25. The van der Waals surface area contributed by atoms with Crippen LogP contribution in [-0.4, -0.2) is 39.9 Å². The lowest BCUT2D eigenvalue weighted by Gasteiger charge is -2.08. The van der Waals surface area contributed by atoms with Crippen LogP contribution < -0.4 is 15.4 Å². The van der Waals surface area contributed by atoms with Gasteiger partial charge in [0.05, 0.1) is 11.2 Å². The first-order valence-electron chi connectivity index (χ1n) is 7.72. The Bertz CT molecular complexity index is 835. The van der Waals surface area contributed by atoms with E-state index in [9.17, 15) is 22.4 Å². The van der Waals surface area contributed by atoms with E-state index in [0.29, 0.717) is 0 Å². The molecule has 0 atom stereocenters. The van der Waals surface area contributed by atoms with E-state index in [0.717, 1.165) is 24.3 Å². The Balaban J connectivity index is 1.64. The molecule has 0 bridgehead atoms. The van der Waals surface area contributed by atoms with Crippen LogP contribution in [0.5, 0.6) is 0 Å². The first-order chi connectivity index (χ1) is 12.4. The maximum atomic E-state index is 12.8.